The summed E-state index contributed by atoms with van der Waals surface area (Å²) in [5.74, 6) is 0.688. The standard InChI is InChI=1S/C13H9ClF3NO.ClH/c14-12-7-10(5-6-11(12)13(15,16)17)19-9-3-1-8(18)2-4-9;/h1-7H,18H2;1H. The Labute approximate surface area is 124 Å². The number of ether oxygens (including phenoxy) is 1. The summed E-state index contributed by atoms with van der Waals surface area (Å²) in [4.78, 5) is 0. The third-order valence-corrected chi connectivity index (χ3v) is 2.67. The van der Waals surface area contributed by atoms with Gasteiger partial charge in [-0.05, 0) is 36.4 Å². The van der Waals surface area contributed by atoms with Crippen LogP contribution < -0.4 is 10.5 Å². The van der Waals surface area contributed by atoms with Gasteiger partial charge >= 0.3 is 6.18 Å². The van der Waals surface area contributed by atoms with Crippen molar-refractivity contribution in [3.8, 4) is 11.5 Å². The molecule has 0 radical (unpaired) electrons. The van der Waals surface area contributed by atoms with E-state index in [1.54, 1.807) is 24.3 Å². The first-order valence-electron chi connectivity index (χ1n) is 5.26. The highest BCUT2D eigenvalue weighted by molar-refractivity contribution is 6.31. The van der Waals surface area contributed by atoms with Crippen LogP contribution in [0.25, 0.3) is 0 Å². The molecule has 0 saturated heterocycles. The van der Waals surface area contributed by atoms with Crippen molar-refractivity contribution in [2.75, 3.05) is 5.73 Å². The van der Waals surface area contributed by atoms with E-state index in [0.29, 0.717) is 11.4 Å². The maximum atomic E-state index is 12.5. The molecule has 0 heterocycles. The molecule has 2 aromatic rings. The maximum absolute atomic E-state index is 12.5. The number of nitrogen functional groups attached to an aromatic ring is 1. The molecule has 0 aliphatic heterocycles. The van der Waals surface area contributed by atoms with Gasteiger partial charge in [-0.1, -0.05) is 11.6 Å². The van der Waals surface area contributed by atoms with E-state index in [9.17, 15) is 13.2 Å². The largest absolute Gasteiger partial charge is 0.457 e. The SMILES string of the molecule is Cl.Nc1ccc(Oc2ccc(C(F)(F)F)c(Cl)c2)cc1. The predicted octanol–water partition coefficient (Wildman–Crippen LogP) is 5.16. The molecule has 0 spiro atoms. The molecule has 0 amide bonds. The predicted molar refractivity (Wildman–Crippen MR) is 74.6 cm³/mol. The lowest BCUT2D eigenvalue weighted by Gasteiger charge is -2.11. The summed E-state index contributed by atoms with van der Waals surface area (Å²) in [6, 6.07) is 9.70. The lowest BCUT2D eigenvalue weighted by Crippen LogP contribution is -2.05. The highest BCUT2D eigenvalue weighted by Gasteiger charge is 2.33. The highest BCUT2D eigenvalue weighted by atomic mass is 35.5. The van der Waals surface area contributed by atoms with Crippen LogP contribution in [0.5, 0.6) is 11.5 Å². The van der Waals surface area contributed by atoms with Gasteiger partial charge in [-0.2, -0.15) is 13.2 Å². The average Bonchev–Trinajstić information content (AvgIpc) is 2.30. The molecule has 7 heteroatoms. The first-order chi connectivity index (χ1) is 8.86. The number of alkyl halides is 3. The molecular weight excluding hydrogens is 314 g/mol. The van der Waals surface area contributed by atoms with Crippen LogP contribution >= 0.6 is 24.0 Å². The molecule has 20 heavy (non-hydrogen) atoms. The minimum Gasteiger partial charge on any atom is -0.457 e. The minimum atomic E-state index is -4.48. The zero-order valence-corrected chi connectivity index (χ0v) is 11.5. The van der Waals surface area contributed by atoms with Crippen molar-refractivity contribution in [2.45, 2.75) is 6.18 Å². The van der Waals surface area contributed by atoms with Gasteiger partial charge in [-0.25, -0.2) is 0 Å². The maximum Gasteiger partial charge on any atom is 0.417 e. The molecular formula is C13H10Cl2F3NO. The molecule has 0 aliphatic carbocycles. The van der Waals surface area contributed by atoms with Gasteiger partial charge in [0, 0.05) is 11.8 Å². The Morgan fingerprint density at radius 3 is 2.00 bits per heavy atom. The smallest absolute Gasteiger partial charge is 0.417 e. The molecule has 2 nitrogen and oxygen atoms in total. The molecule has 0 saturated carbocycles. The first kappa shape index (κ1) is 16.5. The topological polar surface area (TPSA) is 35.2 Å². The molecule has 2 rings (SSSR count). The van der Waals surface area contributed by atoms with E-state index in [0.717, 1.165) is 12.1 Å². The molecule has 2 aromatic carbocycles. The normalized spacial score (nSPS) is 10.8. The molecule has 0 fully saturated rings. The third kappa shape index (κ3) is 3.95. The van der Waals surface area contributed by atoms with E-state index in [1.807, 2.05) is 0 Å². The lowest BCUT2D eigenvalue weighted by atomic mass is 10.2. The van der Waals surface area contributed by atoms with Crippen molar-refractivity contribution in [3.63, 3.8) is 0 Å². The van der Waals surface area contributed by atoms with Crippen molar-refractivity contribution in [3.05, 3.63) is 53.1 Å². The fraction of sp³-hybridized carbons (Fsp3) is 0.0769. The number of halogens is 5. The van der Waals surface area contributed by atoms with Gasteiger partial charge in [0.25, 0.3) is 0 Å². The fourth-order valence-corrected chi connectivity index (χ4v) is 1.74. The fourth-order valence-electron chi connectivity index (χ4n) is 1.46. The molecule has 0 bridgehead atoms. The third-order valence-electron chi connectivity index (χ3n) is 2.36. The molecule has 108 valence electrons. The Balaban J connectivity index is 0.00000200. The second kappa shape index (κ2) is 6.24. The van der Waals surface area contributed by atoms with Gasteiger partial charge < -0.3 is 10.5 Å². The summed E-state index contributed by atoms with van der Waals surface area (Å²) < 4.78 is 42.9. The Morgan fingerprint density at radius 1 is 0.950 bits per heavy atom. The highest BCUT2D eigenvalue weighted by Crippen LogP contribution is 2.37. The Morgan fingerprint density at radius 2 is 1.50 bits per heavy atom. The van der Waals surface area contributed by atoms with Gasteiger partial charge in [0.05, 0.1) is 10.6 Å². The monoisotopic (exact) mass is 323 g/mol. The quantitative estimate of drug-likeness (QED) is 0.775. The zero-order chi connectivity index (χ0) is 14.0. The van der Waals surface area contributed by atoms with Crippen LogP contribution in [0.15, 0.2) is 42.5 Å². The molecule has 0 atom stereocenters. The first-order valence-corrected chi connectivity index (χ1v) is 5.64. The van der Waals surface area contributed by atoms with Crippen molar-refractivity contribution in [1.82, 2.24) is 0 Å². The van der Waals surface area contributed by atoms with Gasteiger partial charge in [-0.15, -0.1) is 12.4 Å². The lowest BCUT2D eigenvalue weighted by molar-refractivity contribution is -0.137. The number of nitrogens with two attached hydrogens (primary N) is 1. The van der Waals surface area contributed by atoms with E-state index >= 15 is 0 Å². The number of anilines is 1. The molecule has 0 unspecified atom stereocenters. The molecule has 2 N–H and O–H groups in total. The Bertz CT molecular complexity index is 585. The minimum absolute atomic E-state index is 0. The second-order valence-corrected chi connectivity index (χ2v) is 4.22. The van der Waals surface area contributed by atoms with Gasteiger partial charge in [0.1, 0.15) is 11.5 Å². The summed E-state index contributed by atoms with van der Waals surface area (Å²) in [7, 11) is 0. The van der Waals surface area contributed by atoms with E-state index in [1.165, 1.54) is 6.07 Å². The summed E-state index contributed by atoms with van der Waals surface area (Å²) in [5, 5.41) is -0.402. The van der Waals surface area contributed by atoms with Crippen molar-refractivity contribution >= 4 is 29.7 Å². The van der Waals surface area contributed by atoms with E-state index < -0.39 is 16.8 Å². The summed E-state index contributed by atoms with van der Waals surface area (Å²) in [6.45, 7) is 0. The van der Waals surface area contributed by atoms with Crippen LogP contribution in [0.4, 0.5) is 18.9 Å². The van der Waals surface area contributed by atoms with Crippen LogP contribution in [-0.2, 0) is 6.18 Å². The zero-order valence-electron chi connectivity index (χ0n) is 9.95. The van der Waals surface area contributed by atoms with Crippen LogP contribution in [-0.4, -0.2) is 0 Å². The van der Waals surface area contributed by atoms with Crippen LogP contribution in [0.1, 0.15) is 5.56 Å². The summed E-state index contributed by atoms with van der Waals surface area (Å²) >= 11 is 5.59. The van der Waals surface area contributed by atoms with Gasteiger partial charge in [0.2, 0.25) is 0 Å². The van der Waals surface area contributed by atoms with Crippen molar-refractivity contribution < 1.29 is 17.9 Å². The number of hydrogen-bond donors (Lipinski definition) is 1. The van der Waals surface area contributed by atoms with Gasteiger partial charge in [-0.3, -0.25) is 0 Å². The number of rotatable bonds is 2. The number of benzene rings is 2. The number of hydrogen-bond acceptors (Lipinski definition) is 2. The van der Waals surface area contributed by atoms with Crippen molar-refractivity contribution in [2.24, 2.45) is 0 Å². The van der Waals surface area contributed by atoms with E-state index in [2.05, 4.69) is 0 Å². The van der Waals surface area contributed by atoms with Crippen LogP contribution in [0.3, 0.4) is 0 Å². The molecule has 0 aliphatic rings. The summed E-state index contributed by atoms with van der Waals surface area (Å²) in [5.41, 5.74) is 5.19. The van der Waals surface area contributed by atoms with Crippen LogP contribution in [0.2, 0.25) is 5.02 Å². The van der Waals surface area contributed by atoms with E-state index in [-0.39, 0.29) is 18.2 Å². The summed E-state index contributed by atoms with van der Waals surface area (Å²) in [6.07, 6.45) is -4.48. The van der Waals surface area contributed by atoms with Crippen LogP contribution in [0, 0.1) is 0 Å². The molecule has 0 aromatic heterocycles. The average molecular weight is 324 g/mol. The second-order valence-electron chi connectivity index (χ2n) is 3.81. The van der Waals surface area contributed by atoms with Gasteiger partial charge in [0.15, 0.2) is 0 Å². The van der Waals surface area contributed by atoms with E-state index in [4.69, 9.17) is 22.1 Å². The Hall–Kier alpha value is -1.59. The van der Waals surface area contributed by atoms with Crippen molar-refractivity contribution in [1.29, 1.82) is 0 Å². The Kier molecular flexibility index (Phi) is 5.14.